The fraction of sp³-hybridized carbons (Fsp3) is 0.300. The van der Waals surface area contributed by atoms with Gasteiger partial charge in [-0.3, -0.25) is 4.79 Å². The van der Waals surface area contributed by atoms with E-state index in [-0.39, 0.29) is 18.0 Å². The molecule has 0 aliphatic rings. The lowest BCUT2D eigenvalue weighted by Gasteiger charge is -2.09. The van der Waals surface area contributed by atoms with E-state index in [1.54, 1.807) is 6.92 Å². The van der Waals surface area contributed by atoms with E-state index in [0.717, 1.165) is 5.56 Å². The predicted molar refractivity (Wildman–Crippen MR) is 51.7 cm³/mol. The Hall–Kier alpha value is -1.02. The molecule has 0 N–H and O–H groups in total. The number of hydrogen-bond donors (Lipinski definition) is 0. The van der Waals surface area contributed by atoms with E-state index >= 15 is 0 Å². The fourth-order valence-electron chi connectivity index (χ4n) is 1.06. The normalized spacial score (nSPS) is 12.2. The lowest BCUT2D eigenvalue weighted by molar-refractivity contribution is -0.142. The quantitative estimate of drug-likeness (QED) is 0.551. The van der Waals surface area contributed by atoms with Crippen molar-refractivity contribution in [2.45, 2.75) is 12.8 Å². The van der Waals surface area contributed by atoms with E-state index in [4.69, 9.17) is 11.6 Å². The monoisotopic (exact) mass is 198 g/mol. The van der Waals surface area contributed by atoms with E-state index in [1.165, 1.54) is 0 Å². The van der Waals surface area contributed by atoms with Crippen LogP contribution in [0.25, 0.3) is 0 Å². The molecular weight excluding hydrogens is 188 g/mol. The van der Waals surface area contributed by atoms with Crippen molar-refractivity contribution in [2.24, 2.45) is 0 Å². The summed E-state index contributed by atoms with van der Waals surface area (Å²) in [6.07, 6.45) is 0. The number of ether oxygens (including phenoxy) is 1. The molecule has 0 saturated carbocycles. The molecule has 0 amide bonds. The second-order valence-electron chi connectivity index (χ2n) is 2.70. The van der Waals surface area contributed by atoms with Gasteiger partial charge in [0, 0.05) is 0 Å². The number of carbonyl (C=O) groups is 1. The van der Waals surface area contributed by atoms with Gasteiger partial charge in [0.25, 0.3) is 0 Å². The maximum Gasteiger partial charge on any atom is 0.314 e. The first-order chi connectivity index (χ1) is 6.25. The number of carbonyl (C=O) groups excluding carboxylic acids is 1. The minimum Gasteiger partial charge on any atom is -0.449 e. The van der Waals surface area contributed by atoms with Gasteiger partial charge in [0.2, 0.25) is 0 Å². The number of rotatable bonds is 3. The van der Waals surface area contributed by atoms with Gasteiger partial charge >= 0.3 is 5.97 Å². The molecule has 1 aromatic carbocycles. The zero-order chi connectivity index (χ0) is 9.68. The molecule has 0 radical (unpaired) electrons. The zero-order valence-corrected chi connectivity index (χ0v) is 8.12. The highest BCUT2D eigenvalue weighted by atomic mass is 35.5. The van der Waals surface area contributed by atoms with Crippen molar-refractivity contribution in [1.82, 2.24) is 0 Å². The summed E-state index contributed by atoms with van der Waals surface area (Å²) in [7, 11) is 0. The first-order valence-corrected chi connectivity index (χ1v) is 4.56. The van der Waals surface area contributed by atoms with Crippen LogP contribution < -0.4 is 0 Å². The number of esters is 1. The summed E-state index contributed by atoms with van der Waals surface area (Å²) in [4.78, 5) is 11.2. The summed E-state index contributed by atoms with van der Waals surface area (Å²) < 4.78 is 4.68. The molecule has 0 heterocycles. The van der Waals surface area contributed by atoms with Crippen LogP contribution in [0.1, 0.15) is 18.4 Å². The van der Waals surface area contributed by atoms with Gasteiger partial charge in [-0.25, -0.2) is 0 Å². The maximum absolute atomic E-state index is 11.2. The highest BCUT2D eigenvalue weighted by molar-refractivity contribution is 6.17. The molecule has 2 nitrogen and oxygen atoms in total. The first kappa shape index (κ1) is 10.1. The van der Waals surface area contributed by atoms with Gasteiger partial charge in [0.05, 0.1) is 5.92 Å². The summed E-state index contributed by atoms with van der Waals surface area (Å²) in [5.41, 5.74) is 0.942. The van der Waals surface area contributed by atoms with Crippen LogP contribution in [0.2, 0.25) is 0 Å². The van der Waals surface area contributed by atoms with Crippen molar-refractivity contribution in [2.75, 3.05) is 6.07 Å². The minimum atomic E-state index is -0.291. The Bertz CT molecular complexity index is 272. The van der Waals surface area contributed by atoms with Crippen LogP contribution in [0.15, 0.2) is 30.3 Å². The Labute approximate surface area is 82.5 Å². The van der Waals surface area contributed by atoms with Gasteiger partial charge < -0.3 is 4.74 Å². The van der Waals surface area contributed by atoms with Crippen molar-refractivity contribution in [3.05, 3.63) is 35.9 Å². The average Bonchev–Trinajstić information content (AvgIpc) is 2.18. The number of benzene rings is 1. The van der Waals surface area contributed by atoms with Crippen molar-refractivity contribution >= 4 is 17.6 Å². The molecule has 0 aliphatic heterocycles. The molecule has 1 aromatic rings. The molecule has 0 aromatic heterocycles. The molecule has 70 valence electrons. The first-order valence-electron chi connectivity index (χ1n) is 4.03. The highest BCUT2D eigenvalue weighted by Gasteiger charge is 2.15. The third-order valence-corrected chi connectivity index (χ3v) is 1.96. The lowest BCUT2D eigenvalue weighted by atomic mass is 10.0. The SMILES string of the molecule is C[C@@H](C(=O)OCCl)c1ccccc1. The van der Waals surface area contributed by atoms with Crippen molar-refractivity contribution in [3.8, 4) is 0 Å². The fourth-order valence-corrected chi connectivity index (χ4v) is 1.16. The van der Waals surface area contributed by atoms with Crippen molar-refractivity contribution < 1.29 is 9.53 Å². The van der Waals surface area contributed by atoms with E-state index in [9.17, 15) is 4.79 Å². The maximum atomic E-state index is 11.2. The lowest BCUT2D eigenvalue weighted by Crippen LogP contribution is -2.12. The second-order valence-corrected chi connectivity index (χ2v) is 2.92. The summed E-state index contributed by atoms with van der Waals surface area (Å²) >= 11 is 5.28. The molecule has 0 spiro atoms. The summed E-state index contributed by atoms with van der Waals surface area (Å²) in [5.74, 6) is -0.541. The Morgan fingerprint density at radius 2 is 2.08 bits per heavy atom. The Morgan fingerprint density at radius 3 is 2.62 bits per heavy atom. The number of alkyl halides is 1. The average molecular weight is 199 g/mol. The molecule has 0 fully saturated rings. The summed E-state index contributed by atoms with van der Waals surface area (Å²) in [6, 6.07) is 9.37. The van der Waals surface area contributed by atoms with E-state index < -0.39 is 0 Å². The molecule has 0 unspecified atom stereocenters. The zero-order valence-electron chi connectivity index (χ0n) is 7.37. The van der Waals surface area contributed by atoms with Crippen LogP contribution in [0.5, 0.6) is 0 Å². The molecule has 3 heteroatoms. The van der Waals surface area contributed by atoms with Crippen LogP contribution in [-0.2, 0) is 9.53 Å². The second kappa shape index (κ2) is 4.87. The van der Waals surface area contributed by atoms with Crippen molar-refractivity contribution in [3.63, 3.8) is 0 Å². The van der Waals surface area contributed by atoms with Crippen LogP contribution in [0, 0.1) is 0 Å². The third-order valence-electron chi connectivity index (χ3n) is 1.85. The molecular formula is C10H11ClO2. The van der Waals surface area contributed by atoms with Gasteiger partial charge in [-0.2, -0.15) is 0 Å². The summed E-state index contributed by atoms with van der Waals surface area (Å²) in [5, 5.41) is 0. The Balaban J connectivity index is 2.68. The number of hydrogen-bond acceptors (Lipinski definition) is 2. The highest BCUT2D eigenvalue weighted by Crippen LogP contribution is 2.15. The van der Waals surface area contributed by atoms with E-state index in [2.05, 4.69) is 4.74 Å². The standard InChI is InChI=1S/C10H11ClO2/c1-8(10(12)13-7-11)9-5-3-2-4-6-9/h2-6,8H,7H2,1H3/t8-/m1/s1. The van der Waals surface area contributed by atoms with Gasteiger partial charge in [0.1, 0.15) is 0 Å². The Morgan fingerprint density at radius 1 is 1.46 bits per heavy atom. The molecule has 0 bridgehead atoms. The molecule has 1 atom stereocenters. The van der Waals surface area contributed by atoms with E-state index in [0.29, 0.717) is 0 Å². The van der Waals surface area contributed by atoms with Gasteiger partial charge in [-0.05, 0) is 12.5 Å². The van der Waals surface area contributed by atoms with Crippen LogP contribution in [0.4, 0.5) is 0 Å². The molecule has 1 rings (SSSR count). The largest absolute Gasteiger partial charge is 0.449 e. The predicted octanol–water partition coefficient (Wildman–Crippen LogP) is 2.53. The molecule has 0 saturated heterocycles. The smallest absolute Gasteiger partial charge is 0.314 e. The topological polar surface area (TPSA) is 26.3 Å². The molecule has 0 aliphatic carbocycles. The van der Waals surface area contributed by atoms with E-state index in [1.807, 2.05) is 30.3 Å². The summed E-state index contributed by atoms with van der Waals surface area (Å²) in [6.45, 7) is 1.80. The van der Waals surface area contributed by atoms with Crippen LogP contribution in [-0.4, -0.2) is 12.0 Å². The third kappa shape index (κ3) is 2.74. The minimum absolute atomic E-state index is 0.0873. The van der Waals surface area contributed by atoms with Crippen LogP contribution >= 0.6 is 11.6 Å². The molecule has 13 heavy (non-hydrogen) atoms. The van der Waals surface area contributed by atoms with Gasteiger partial charge in [-0.15, -0.1) is 0 Å². The van der Waals surface area contributed by atoms with Crippen molar-refractivity contribution in [1.29, 1.82) is 0 Å². The Kier molecular flexibility index (Phi) is 3.77. The number of halogens is 1. The van der Waals surface area contributed by atoms with Crippen LogP contribution in [0.3, 0.4) is 0 Å². The van der Waals surface area contributed by atoms with Gasteiger partial charge in [-0.1, -0.05) is 41.9 Å². The van der Waals surface area contributed by atoms with Gasteiger partial charge in [0.15, 0.2) is 6.07 Å².